The van der Waals surface area contributed by atoms with Crippen molar-refractivity contribution in [1.29, 1.82) is 0 Å². The lowest BCUT2D eigenvalue weighted by Gasteiger charge is -2.25. The minimum Gasteiger partial charge on any atom is -0.295 e. The number of hydrogen-bond acceptors (Lipinski definition) is 5. The van der Waals surface area contributed by atoms with Crippen LogP contribution >= 0.6 is 0 Å². The summed E-state index contributed by atoms with van der Waals surface area (Å²) in [5.74, 6) is -1.86. The third-order valence-electron chi connectivity index (χ3n) is 3.32. The van der Waals surface area contributed by atoms with Gasteiger partial charge in [-0.2, -0.15) is 0 Å². The Morgan fingerprint density at radius 2 is 1.65 bits per heavy atom. The van der Waals surface area contributed by atoms with E-state index in [2.05, 4.69) is 10.7 Å². The number of nitrogens with one attached hydrogen (secondary N) is 2. The van der Waals surface area contributed by atoms with Gasteiger partial charge in [-0.05, 0) is 18.6 Å². The van der Waals surface area contributed by atoms with E-state index in [1.54, 1.807) is 24.3 Å². The van der Waals surface area contributed by atoms with Crippen LogP contribution in [0.4, 0.5) is 0 Å². The summed E-state index contributed by atoms with van der Waals surface area (Å²) in [5, 5.41) is 3.00. The molecule has 2 heterocycles. The number of carbonyl (C=O) groups is 4. The molecule has 1 aromatic rings. The number of amides is 4. The predicted molar refractivity (Wildman–Crippen MR) is 66.2 cm³/mol. The molecule has 2 N–H and O–H groups in total. The quantitative estimate of drug-likeness (QED) is 0.714. The van der Waals surface area contributed by atoms with Crippen LogP contribution in [0.2, 0.25) is 0 Å². The second kappa shape index (κ2) is 4.53. The van der Waals surface area contributed by atoms with Crippen LogP contribution in [0.3, 0.4) is 0 Å². The minimum atomic E-state index is -0.769. The van der Waals surface area contributed by atoms with Gasteiger partial charge in [0.25, 0.3) is 11.8 Å². The lowest BCUT2D eigenvalue weighted by molar-refractivity contribution is -0.135. The van der Waals surface area contributed by atoms with Crippen molar-refractivity contribution >= 4 is 23.6 Å². The number of hydrogen-bond donors (Lipinski definition) is 2. The van der Waals surface area contributed by atoms with Gasteiger partial charge < -0.3 is 0 Å². The number of piperidine rings is 1. The Morgan fingerprint density at radius 1 is 1.05 bits per heavy atom. The van der Waals surface area contributed by atoms with Crippen LogP contribution < -0.4 is 10.7 Å². The van der Waals surface area contributed by atoms with Gasteiger partial charge in [-0.15, -0.1) is 0 Å². The fourth-order valence-electron chi connectivity index (χ4n) is 2.28. The predicted octanol–water partition coefficient (Wildman–Crippen LogP) is -0.408. The summed E-state index contributed by atoms with van der Waals surface area (Å²) in [6.07, 6.45) is 0.421. The maximum absolute atomic E-state index is 12.1. The first-order chi connectivity index (χ1) is 9.58. The highest BCUT2D eigenvalue weighted by molar-refractivity contribution is 6.21. The Labute approximate surface area is 113 Å². The maximum Gasteiger partial charge on any atom is 0.276 e. The van der Waals surface area contributed by atoms with Crippen molar-refractivity contribution in [3.05, 3.63) is 35.4 Å². The third kappa shape index (κ3) is 1.88. The van der Waals surface area contributed by atoms with E-state index in [9.17, 15) is 19.2 Å². The van der Waals surface area contributed by atoms with E-state index in [1.807, 2.05) is 0 Å². The van der Waals surface area contributed by atoms with Gasteiger partial charge in [0.2, 0.25) is 11.8 Å². The Hall–Kier alpha value is -2.54. The van der Waals surface area contributed by atoms with Gasteiger partial charge in [0.15, 0.2) is 0 Å². The number of fused-ring (bicyclic) bond motifs is 1. The van der Waals surface area contributed by atoms with Crippen LogP contribution in [0.5, 0.6) is 0 Å². The zero-order valence-electron chi connectivity index (χ0n) is 10.4. The first kappa shape index (κ1) is 12.5. The number of hydrazine groups is 1. The molecule has 3 rings (SSSR count). The van der Waals surface area contributed by atoms with Crippen molar-refractivity contribution in [3.63, 3.8) is 0 Å². The van der Waals surface area contributed by atoms with Gasteiger partial charge in [0.1, 0.15) is 6.04 Å². The minimum absolute atomic E-state index is 0.173. The van der Waals surface area contributed by atoms with E-state index in [1.165, 1.54) is 0 Å². The summed E-state index contributed by atoms with van der Waals surface area (Å²) < 4.78 is 0. The van der Waals surface area contributed by atoms with Crippen molar-refractivity contribution in [1.82, 2.24) is 15.8 Å². The van der Waals surface area contributed by atoms with Crippen molar-refractivity contribution in [2.24, 2.45) is 0 Å². The molecule has 7 nitrogen and oxygen atoms in total. The molecule has 1 fully saturated rings. The summed E-state index contributed by atoms with van der Waals surface area (Å²) in [7, 11) is 0. The highest BCUT2D eigenvalue weighted by atomic mass is 16.2. The molecule has 20 heavy (non-hydrogen) atoms. The Bertz CT molecular complexity index is 605. The van der Waals surface area contributed by atoms with E-state index in [0.29, 0.717) is 11.1 Å². The molecular weight excluding hydrogens is 262 g/mol. The molecule has 0 saturated carbocycles. The van der Waals surface area contributed by atoms with Gasteiger partial charge in [0, 0.05) is 6.42 Å². The molecule has 1 atom stereocenters. The molecule has 4 amide bonds. The van der Waals surface area contributed by atoms with Crippen molar-refractivity contribution in [2.45, 2.75) is 18.9 Å². The average Bonchev–Trinajstić information content (AvgIpc) is 2.67. The lowest BCUT2D eigenvalue weighted by Crippen LogP contribution is -2.57. The average molecular weight is 273 g/mol. The standard InChI is InChI=1S/C13H11N3O4/c17-10-6-5-9(11(18)14-10)15-16-12(19)7-3-1-2-4-8(7)13(16)20/h1-4,9,15H,5-6H2,(H,14,17,18). The Balaban J connectivity index is 1.80. The molecule has 0 radical (unpaired) electrons. The topological polar surface area (TPSA) is 95.6 Å². The summed E-state index contributed by atoms with van der Waals surface area (Å²) in [4.78, 5) is 46.9. The number of benzene rings is 1. The molecule has 0 aromatic heterocycles. The molecule has 0 bridgehead atoms. The van der Waals surface area contributed by atoms with Crippen molar-refractivity contribution in [2.75, 3.05) is 0 Å². The van der Waals surface area contributed by atoms with E-state index in [0.717, 1.165) is 5.01 Å². The van der Waals surface area contributed by atoms with Crippen molar-refractivity contribution in [3.8, 4) is 0 Å². The van der Waals surface area contributed by atoms with E-state index in [-0.39, 0.29) is 18.7 Å². The smallest absolute Gasteiger partial charge is 0.276 e. The first-order valence-electron chi connectivity index (χ1n) is 6.15. The van der Waals surface area contributed by atoms with Gasteiger partial charge in [-0.3, -0.25) is 24.5 Å². The summed E-state index contributed by atoms with van der Waals surface area (Å²) >= 11 is 0. The fourth-order valence-corrected chi connectivity index (χ4v) is 2.28. The molecular formula is C13H11N3O4. The van der Waals surface area contributed by atoms with E-state index in [4.69, 9.17) is 0 Å². The third-order valence-corrected chi connectivity index (χ3v) is 3.32. The van der Waals surface area contributed by atoms with Crippen LogP contribution in [-0.4, -0.2) is 34.7 Å². The van der Waals surface area contributed by atoms with Crippen LogP contribution in [-0.2, 0) is 9.59 Å². The van der Waals surface area contributed by atoms with Crippen LogP contribution in [0.1, 0.15) is 33.6 Å². The van der Waals surface area contributed by atoms with Gasteiger partial charge in [-0.1, -0.05) is 12.1 Å². The zero-order chi connectivity index (χ0) is 14.3. The molecule has 0 spiro atoms. The molecule has 2 aliphatic rings. The molecule has 2 aliphatic heterocycles. The van der Waals surface area contributed by atoms with Crippen molar-refractivity contribution < 1.29 is 19.2 Å². The second-order valence-electron chi connectivity index (χ2n) is 4.62. The molecule has 0 aliphatic carbocycles. The zero-order valence-corrected chi connectivity index (χ0v) is 10.4. The summed E-state index contributed by atoms with van der Waals surface area (Å²) in [6, 6.07) is 5.68. The number of nitrogens with zero attached hydrogens (tertiary/aromatic N) is 1. The van der Waals surface area contributed by atoms with E-state index >= 15 is 0 Å². The fraction of sp³-hybridized carbons (Fsp3) is 0.231. The lowest BCUT2D eigenvalue weighted by atomic mass is 10.1. The number of imide groups is 2. The molecule has 102 valence electrons. The van der Waals surface area contributed by atoms with Gasteiger partial charge >= 0.3 is 0 Å². The number of carbonyl (C=O) groups excluding carboxylic acids is 4. The molecule has 1 saturated heterocycles. The second-order valence-corrected chi connectivity index (χ2v) is 4.62. The highest BCUT2D eigenvalue weighted by Crippen LogP contribution is 2.21. The highest BCUT2D eigenvalue weighted by Gasteiger charge is 2.38. The van der Waals surface area contributed by atoms with Gasteiger partial charge in [0.05, 0.1) is 11.1 Å². The molecule has 1 unspecified atom stereocenters. The largest absolute Gasteiger partial charge is 0.295 e. The normalized spacial score (nSPS) is 22.0. The van der Waals surface area contributed by atoms with Crippen LogP contribution in [0, 0.1) is 0 Å². The SMILES string of the molecule is O=C1CCC(NN2C(=O)c3ccccc3C2=O)C(=O)N1. The Morgan fingerprint density at radius 3 is 2.20 bits per heavy atom. The first-order valence-corrected chi connectivity index (χ1v) is 6.15. The summed E-state index contributed by atoms with van der Waals surface area (Å²) in [5.41, 5.74) is 3.21. The van der Waals surface area contributed by atoms with Gasteiger partial charge in [-0.25, -0.2) is 10.4 Å². The van der Waals surface area contributed by atoms with E-state index < -0.39 is 23.8 Å². The maximum atomic E-state index is 12.1. The Kier molecular flexibility index (Phi) is 2.83. The monoisotopic (exact) mass is 273 g/mol. The molecule has 1 aromatic carbocycles. The van der Waals surface area contributed by atoms with Crippen LogP contribution in [0.25, 0.3) is 0 Å². The number of rotatable bonds is 2. The molecule has 7 heteroatoms. The van der Waals surface area contributed by atoms with Crippen LogP contribution in [0.15, 0.2) is 24.3 Å². The summed E-state index contributed by atoms with van der Waals surface area (Å²) in [6.45, 7) is 0.